The molecule has 1 aliphatic heterocycles. The van der Waals surface area contributed by atoms with Gasteiger partial charge >= 0.3 is 5.97 Å². The van der Waals surface area contributed by atoms with Crippen molar-refractivity contribution in [1.29, 1.82) is 0 Å². The van der Waals surface area contributed by atoms with Gasteiger partial charge in [-0.25, -0.2) is 4.79 Å². The fraction of sp³-hybridized carbons (Fsp3) is 0.267. The number of hydrogen-bond acceptors (Lipinski definition) is 5. The number of benzene rings is 1. The number of amides is 2. The molecule has 0 radical (unpaired) electrons. The highest BCUT2D eigenvalue weighted by Crippen LogP contribution is 2.35. The Morgan fingerprint density at radius 2 is 1.92 bits per heavy atom. The lowest BCUT2D eigenvalue weighted by atomic mass is 10.2. The molecule has 0 spiro atoms. The summed E-state index contributed by atoms with van der Waals surface area (Å²) in [7, 11) is 0. The zero-order valence-electron chi connectivity index (χ0n) is 12.7. The molecule has 1 fully saturated rings. The lowest BCUT2D eigenvalue weighted by Gasteiger charge is -2.16. The highest BCUT2D eigenvalue weighted by Gasteiger charge is 2.36. The van der Waals surface area contributed by atoms with Crippen molar-refractivity contribution in [2.24, 2.45) is 0 Å². The zero-order chi connectivity index (χ0) is 18.0. The van der Waals surface area contributed by atoms with Crippen LogP contribution >= 0.6 is 56.9 Å². The first-order valence-electron chi connectivity index (χ1n) is 6.81. The van der Waals surface area contributed by atoms with Crippen LogP contribution in [0.5, 0.6) is 5.75 Å². The Bertz CT molecular complexity index is 724. The van der Waals surface area contributed by atoms with Crippen LogP contribution in [0.4, 0.5) is 4.79 Å². The SMILES string of the molecule is CC(C)N1C(=O)S/C(=C/c2cc(I)c(OCC(=O)O)c(I)c2)C1=O. The molecule has 2 amide bonds. The van der Waals surface area contributed by atoms with E-state index in [1.165, 1.54) is 4.90 Å². The summed E-state index contributed by atoms with van der Waals surface area (Å²) in [5.41, 5.74) is 0.751. The van der Waals surface area contributed by atoms with E-state index < -0.39 is 12.6 Å². The summed E-state index contributed by atoms with van der Waals surface area (Å²) in [5, 5.41) is 8.44. The first kappa shape index (κ1) is 19.5. The Kier molecular flexibility index (Phi) is 6.53. The number of carbonyl (C=O) groups excluding carboxylic acids is 2. The zero-order valence-corrected chi connectivity index (χ0v) is 17.8. The van der Waals surface area contributed by atoms with Gasteiger partial charge in [0.1, 0.15) is 5.75 Å². The van der Waals surface area contributed by atoms with Crippen LogP contribution in [0.25, 0.3) is 6.08 Å². The number of carboxylic acids is 1. The summed E-state index contributed by atoms with van der Waals surface area (Å²) in [4.78, 5) is 36.4. The lowest BCUT2D eigenvalue weighted by molar-refractivity contribution is -0.139. The van der Waals surface area contributed by atoms with E-state index in [-0.39, 0.29) is 17.2 Å². The average Bonchev–Trinajstić information content (AvgIpc) is 2.72. The second kappa shape index (κ2) is 8.04. The maximum Gasteiger partial charge on any atom is 0.341 e. The minimum absolute atomic E-state index is 0.185. The van der Waals surface area contributed by atoms with Gasteiger partial charge in [0.15, 0.2) is 6.61 Å². The molecular weight excluding hydrogens is 560 g/mol. The molecule has 9 heteroatoms. The average molecular weight is 573 g/mol. The predicted octanol–water partition coefficient (Wildman–Crippen LogP) is 3.80. The molecule has 1 aromatic rings. The number of rotatable bonds is 5. The van der Waals surface area contributed by atoms with Crippen molar-refractivity contribution in [3.8, 4) is 5.75 Å². The van der Waals surface area contributed by atoms with Crippen LogP contribution in [0.3, 0.4) is 0 Å². The quantitative estimate of drug-likeness (QED) is 0.427. The van der Waals surface area contributed by atoms with Crippen LogP contribution in [-0.4, -0.2) is 39.8 Å². The largest absolute Gasteiger partial charge is 0.480 e. The molecule has 1 N–H and O–H groups in total. The number of nitrogens with zero attached hydrogens (tertiary/aromatic N) is 1. The fourth-order valence-corrected chi connectivity index (χ4v) is 5.10. The molecule has 6 nitrogen and oxygen atoms in total. The summed E-state index contributed by atoms with van der Waals surface area (Å²) in [5.74, 6) is -0.852. The Labute approximate surface area is 170 Å². The molecule has 0 aliphatic carbocycles. The molecule has 1 saturated heterocycles. The van der Waals surface area contributed by atoms with Crippen LogP contribution in [0, 0.1) is 7.14 Å². The summed E-state index contributed by atoms with van der Waals surface area (Å²) in [6, 6.07) is 3.38. The molecule has 1 heterocycles. The molecule has 1 aromatic carbocycles. The number of carboxylic acid groups (broad SMARTS) is 1. The standard InChI is InChI=1S/C15H13I2NO5S/c1-7(2)18-14(21)11(24-15(18)22)5-8-3-9(16)13(10(17)4-8)23-6-12(19)20/h3-5,7H,6H2,1-2H3,(H,19,20)/b11-5+. The number of imide groups is 1. The maximum absolute atomic E-state index is 12.3. The molecule has 0 bridgehead atoms. The number of thioether (sulfide) groups is 1. The molecule has 128 valence electrons. The minimum atomic E-state index is -1.05. The highest BCUT2D eigenvalue weighted by molar-refractivity contribution is 14.1. The van der Waals surface area contributed by atoms with Crippen molar-refractivity contribution in [3.05, 3.63) is 29.7 Å². The first-order valence-corrected chi connectivity index (χ1v) is 9.78. The fourth-order valence-electron chi connectivity index (χ4n) is 2.01. The van der Waals surface area contributed by atoms with Gasteiger partial charge in [-0.1, -0.05) is 0 Å². The van der Waals surface area contributed by atoms with Gasteiger partial charge in [-0.15, -0.1) is 0 Å². The van der Waals surface area contributed by atoms with Crippen molar-refractivity contribution >= 4 is 80.1 Å². The number of carbonyl (C=O) groups is 3. The first-order chi connectivity index (χ1) is 11.2. The Morgan fingerprint density at radius 1 is 1.33 bits per heavy atom. The smallest absolute Gasteiger partial charge is 0.341 e. The lowest BCUT2D eigenvalue weighted by Crippen LogP contribution is -2.34. The van der Waals surface area contributed by atoms with Gasteiger partial charge in [0.05, 0.1) is 12.0 Å². The normalized spacial score (nSPS) is 16.4. The van der Waals surface area contributed by atoms with Crippen LogP contribution in [-0.2, 0) is 9.59 Å². The summed E-state index contributed by atoms with van der Waals surface area (Å²) in [6.45, 7) is 3.16. The van der Waals surface area contributed by atoms with Crippen LogP contribution in [0.2, 0.25) is 0 Å². The number of hydrogen-bond donors (Lipinski definition) is 1. The summed E-state index contributed by atoms with van der Waals surface area (Å²) in [6.07, 6.45) is 1.67. The number of ether oxygens (including phenoxy) is 1. The van der Waals surface area contributed by atoms with E-state index in [1.807, 2.05) is 45.2 Å². The van der Waals surface area contributed by atoms with Gasteiger partial charge in [-0.3, -0.25) is 14.5 Å². The monoisotopic (exact) mass is 573 g/mol. The maximum atomic E-state index is 12.3. The van der Waals surface area contributed by atoms with E-state index in [2.05, 4.69) is 0 Å². The third-order valence-electron chi connectivity index (χ3n) is 3.00. The molecular formula is C15H13I2NO5S. The van der Waals surface area contributed by atoms with Crippen LogP contribution in [0.15, 0.2) is 17.0 Å². The van der Waals surface area contributed by atoms with Gasteiger partial charge < -0.3 is 9.84 Å². The van der Waals surface area contributed by atoms with Crippen molar-refractivity contribution in [1.82, 2.24) is 4.90 Å². The van der Waals surface area contributed by atoms with Gasteiger partial charge in [-0.2, -0.15) is 0 Å². The van der Waals surface area contributed by atoms with E-state index in [0.29, 0.717) is 10.7 Å². The number of halogens is 2. The minimum Gasteiger partial charge on any atom is -0.480 e. The molecule has 0 unspecified atom stereocenters. The van der Waals surface area contributed by atoms with Crippen LogP contribution < -0.4 is 4.74 Å². The van der Waals surface area contributed by atoms with Gasteiger partial charge in [0, 0.05) is 6.04 Å². The van der Waals surface area contributed by atoms with E-state index in [4.69, 9.17) is 9.84 Å². The van der Waals surface area contributed by atoms with Crippen molar-refractivity contribution in [2.45, 2.75) is 19.9 Å². The molecule has 0 saturated carbocycles. The van der Waals surface area contributed by atoms with E-state index in [9.17, 15) is 14.4 Å². The van der Waals surface area contributed by atoms with E-state index in [1.54, 1.807) is 32.1 Å². The topological polar surface area (TPSA) is 83.9 Å². The van der Waals surface area contributed by atoms with Gasteiger partial charge in [0.25, 0.3) is 11.1 Å². The van der Waals surface area contributed by atoms with E-state index in [0.717, 1.165) is 24.5 Å². The van der Waals surface area contributed by atoms with Crippen molar-refractivity contribution in [3.63, 3.8) is 0 Å². The number of aliphatic carboxylic acids is 1. The Hall–Kier alpha value is -0.820. The molecule has 0 atom stereocenters. The predicted molar refractivity (Wildman–Crippen MR) is 108 cm³/mol. The van der Waals surface area contributed by atoms with Crippen LogP contribution in [0.1, 0.15) is 19.4 Å². The Morgan fingerprint density at radius 3 is 2.38 bits per heavy atom. The highest BCUT2D eigenvalue weighted by atomic mass is 127. The van der Waals surface area contributed by atoms with Crippen molar-refractivity contribution < 1.29 is 24.2 Å². The third-order valence-corrected chi connectivity index (χ3v) is 5.48. The second-order valence-corrected chi connectivity index (χ2v) is 8.46. The van der Waals surface area contributed by atoms with Gasteiger partial charge in [-0.05, 0) is 94.6 Å². The van der Waals surface area contributed by atoms with E-state index >= 15 is 0 Å². The molecule has 2 rings (SSSR count). The molecule has 1 aliphatic rings. The summed E-state index contributed by atoms with van der Waals surface area (Å²) < 4.78 is 6.73. The van der Waals surface area contributed by atoms with Crippen molar-refractivity contribution in [2.75, 3.05) is 6.61 Å². The third kappa shape index (κ3) is 4.42. The molecule has 24 heavy (non-hydrogen) atoms. The molecule has 0 aromatic heterocycles. The second-order valence-electron chi connectivity index (χ2n) is 5.14. The van der Waals surface area contributed by atoms with Gasteiger partial charge in [0.2, 0.25) is 0 Å². The summed E-state index contributed by atoms with van der Waals surface area (Å²) >= 11 is 5.02. The Balaban J connectivity index is 2.29.